The number of benzene rings is 1. The molecule has 2 heterocycles. The number of rotatable bonds is 5. The molecule has 1 aliphatic rings. The number of ether oxygens (including phenoxy) is 1. The van der Waals surface area contributed by atoms with E-state index in [-0.39, 0.29) is 5.91 Å². The van der Waals surface area contributed by atoms with Gasteiger partial charge in [0, 0.05) is 43.2 Å². The molecule has 1 atom stereocenters. The SMILES string of the molecule is COC(=O)c1ccc(C(=O)N2CCN(CC(O)c3cccs3)CC2)cc1. The van der Waals surface area contributed by atoms with Gasteiger partial charge in [0.2, 0.25) is 0 Å². The molecule has 0 saturated carbocycles. The summed E-state index contributed by atoms with van der Waals surface area (Å²) in [6, 6.07) is 10.4. The number of carbonyl (C=O) groups excluding carboxylic acids is 2. The van der Waals surface area contributed by atoms with E-state index in [1.165, 1.54) is 7.11 Å². The van der Waals surface area contributed by atoms with E-state index < -0.39 is 12.1 Å². The molecule has 0 spiro atoms. The average Bonchev–Trinajstić information content (AvgIpc) is 3.22. The molecule has 1 saturated heterocycles. The Morgan fingerprint density at radius 3 is 2.35 bits per heavy atom. The summed E-state index contributed by atoms with van der Waals surface area (Å²) >= 11 is 1.55. The maximum Gasteiger partial charge on any atom is 0.337 e. The highest BCUT2D eigenvalue weighted by Crippen LogP contribution is 2.20. The number of aliphatic hydroxyl groups excluding tert-OH is 1. The van der Waals surface area contributed by atoms with E-state index >= 15 is 0 Å². The second-order valence-corrected chi connectivity index (χ2v) is 7.17. The molecule has 1 N–H and O–H groups in total. The lowest BCUT2D eigenvalue weighted by Crippen LogP contribution is -2.49. The van der Waals surface area contributed by atoms with Gasteiger partial charge in [0.15, 0.2) is 0 Å². The minimum absolute atomic E-state index is 0.0418. The standard InChI is InChI=1S/C19H22N2O4S/c1-25-19(24)15-6-4-14(5-7-15)18(23)21-10-8-20(9-11-21)13-16(22)17-3-2-12-26-17/h2-7,12,16,22H,8-11,13H2,1H3. The van der Waals surface area contributed by atoms with Crippen LogP contribution in [-0.2, 0) is 4.74 Å². The molecular formula is C19H22N2O4S. The molecule has 1 aliphatic heterocycles. The van der Waals surface area contributed by atoms with E-state index in [9.17, 15) is 14.7 Å². The largest absolute Gasteiger partial charge is 0.465 e. The maximum absolute atomic E-state index is 12.6. The van der Waals surface area contributed by atoms with E-state index in [0.29, 0.717) is 30.8 Å². The predicted molar refractivity (Wildman–Crippen MR) is 99.4 cm³/mol. The van der Waals surface area contributed by atoms with Gasteiger partial charge in [-0.2, -0.15) is 0 Å². The molecule has 3 rings (SSSR count). The van der Waals surface area contributed by atoms with Crippen molar-refractivity contribution in [1.82, 2.24) is 9.80 Å². The highest BCUT2D eigenvalue weighted by molar-refractivity contribution is 7.10. The van der Waals surface area contributed by atoms with Crippen molar-refractivity contribution in [2.75, 3.05) is 39.8 Å². The summed E-state index contributed by atoms with van der Waals surface area (Å²) in [5.41, 5.74) is 0.987. The molecule has 138 valence electrons. The van der Waals surface area contributed by atoms with Crippen LogP contribution in [0.2, 0.25) is 0 Å². The van der Waals surface area contributed by atoms with Crippen LogP contribution >= 0.6 is 11.3 Å². The van der Waals surface area contributed by atoms with Crippen molar-refractivity contribution < 1.29 is 19.4 Å². The van der Waals surface area contributed by atoms with Gasteiger partial charge in [-0.05, 0) is 35.7 Å². The van der Waals surface area contributed by atoms with Crippen LogP contribution in [0.25, 0.3) is 0 Å². The zero-order valence-corrected chi connectivity index (χ0v) is 15.4. The Kier molecular flexibility index (Phi) is 6.03. The summed E-state index contributed by atoms with van der Waals surface area (Å²) in [5.74, 6) is -0.457. The zero-order chi connectivity index (χ0) is 18.5. The van der Waals surface area contributed by atoms with E-state index in [2.05, 4.69) is 9.64 Å². The van der Waals surface area contributed by atoms with Crippen molar-refractivity contribution in [2.24, 2.45) is 0 Å². The Hall–Kier alpha value is -2.22. The van der Waals surface area contributed by atoms with Crippen molar-refractivity contribution in [2.45, 2.75) is 6.10 Å². The molecule has 1 aromatic carbocycles. The summed E-state index contributed by atoms with van der Waals surface area (Å²) in [4.78, 5) is 29.0. The van der Waals surface area contributed by atoms with Crippen LogP contribution in [-0.4, -0.2) is 66.6 Å². The summed E-state index contributed by atoms with van der Waals surface area (Å²) < 4.78 is 4.66. The van der Waals surface area contributed by atoms with E-state index in [4.69, 9.17) is 0 Å². The number of piperazine rings is 1. The molecule has 0 aliphatic carbocycles. The van der Waals surface area contributed by atoms with Crippen molar-refractivity contribution in [3.63, 3.8) is 0 Å². The molecule has 7 heteroatoms. The fourth-order valence-corrected chi connectivity index (χ4v) is 3.70. The minimum atomic E-state index is -0.483. The van der Waals surface area contributed by atoms with E-state index in [1.54, 1.807) is 40.5 Å². The summed E-state index contributed by atoms with van der Waals surface area (Å²) in [5, 5.41) is 12.2. The molecule has 1 amide bonds. The van der Waals surface area contributed by atoms with Crippen LogP contribution < -0.4 is 0 Å². The lowest BCUT2D eigenvalue weighted by Gasteiger charge is -2.35. The molecule has 1 fully saturated rings. The number of aliphatic hydroxyl groups is 1. The fourth-order valence-electron chi connectivity index (χ4n) is 3.00. The molecule has 1 aromatic heterocycles. The second kappa shape index (κ2) is 8.44. The maximum atomic E-state index is 12.6. The van der Waals surface area contributed by atoms with Gasteiger partial charge in [-0.1, -0.05) is 6.07 Å². The number of nitrogens with zero attached hydrogens (tertiary/aromatic N) is 2. The van der Waals surface area contributed by atoms with Crippen LogP contribution in [0.4, 0.5) is 0 Å². The van der Waals surface area contributed by atoms with E-state index in [1.807, 2.05) is 17.5 Å². The smallest absolute Gasteiger partial charge is 0.337 e. The van der Waals surface area contributed by atoms with Crippen LogP contribution in [0, 0.1) is 0 Å². The van der Waals surface area contributed by atoms with Crippen LogP contribution in [0.1, 0.15) is 31.7 Å². The third-order valence-electron chi connectivity index (χ3n) is 4.52. The lowest BCUT2D eigenvalue weighted by atomic mass is 10.1. The van der Waals surface area contributed by atoms with Crippen molar-refractivity contribution in [3.05, 3.63) is 57.8 Å². The topological polar surface area (TPSA) is 70.1 Å². The van der Waals surface area contributed by atoms with E-state index in [0.717, 1.165) is 18.0 Å². The number of amides is 1. The molecular weight excluding hydrogens is 352 g/mol. The van der Waals surface area contributed by atoms with Gasteiger partial charge in [0.1, 0.15) is 6.10 Å². The van der Waals surface area contributed by atoms with Crippen molar-refractivity contribution in [1.29, 1.82) is 0 Å². The summed E-state index contributed by atoms with van der Waals surface area (Å²) in [7, 11) is 1.33. The summed E-state index contributed by atoms with van der Waals surface area (Å²) in [6.07, 6.45) is -0.483. The first kappa shape index (κ1) is 18.6. The van der Waals surface area contributed by atoms with Crippen LogP contribution in [0.15, 0.2) is 41.8 Å². The molecule has 0 radical (unpaired) electrons. The zero-order valence-electron chi connectivity index (χ0n) is 14.6. The van der Waals surface area contributed by atoms with Gasteiger partial charge in [-0.3, -0.25) is 9.69 Å². The Morgan fingerprint density at radius 1 is 1.12 bits per heavy atom. The molecule has 2 aromatic rings. The molecule has 6 nitrogen and oxygen atoms in total. The third-order valence-corrected chi connectivity index (χ3v) is 5.49. The number of esters is 1. The first-order chi connectivity index (χ1) is 12.6. The van der Waals surface area contributed by atoms with Gasteiger partial charge in [0.25, 0.3) is 5.91 Å². The number of methoxy groups -OCH3 is 1. The normalized spacial score (nSPS) is 16.3. The number of hydrogen-bond donors (Lipinski definition) is 1. The van der Waals surface area contributed by atoms with Gasteiger partial charge in [-0.15, -0.1) is 11.3 Å². The van der Waals surface area contributed by atoms with Gasteiger partial charge in [-0.25, -0.2) is 4.79 Å². The monoisotopic (exact) mass is 374 g/mol. The van der Waals surface area contributed by atoms with Crippen LogP contribution in [0.3, 0.4) is 0 Å². The summed E-state index contributed by atoms with van der Waals surface area (Å²) in [6.45, 7) is 3.28. The van der Waals surface area contributed by atoms with Crippen molar-refractivity contribution >= 4 is 23.2 Å². The highest BCUT2D eigenvalue weighted by atomic mass is 32.1. The van der Waals surface area contributed by atoms with Gasteiger partial charge < -0.3 is 14.7 Å². The highest BCUT2D eigenvalue weighted by Gasteiger charge is 2.24. The number of thiophene rings is 1. The van der Waals surface area contributed by atoms with Crippen molar-refractivity contribution in [3.8, 4) is 0 Å². The minimum Gasteiger partial charge on any atom is -0.465 e. The Balaban J connectivity index is 1.52. The lowest BCUT2D eigenvalue weighted by molar-refractivity contribution is 0.0530. The van der Waals surface area contributed by atoms with Gasteiger partial charge in [0.05, 0.1) is 12.7 Å². The molecule has 1 unspecified atom stereocenters. The Morgan fingerprint density at radius 2 is 1.77 bits per heavy atom. The third kappa shape index (κ3) is 4.30. The van der Waals surface area contributed by atoms with Gasteiger partial charge >= 0.3 is 5.97 Å². The number of β-amino-alcohol motifs (C(OH)–C–C–N with tert-alkyl or cyclic N) is 1. The average molecular weight is 374 g/mol. The Bertz CT molecular complexity index is 737. The number of carbonyl (C=O) groups is 2. The first-order valence-electron chi connectivity index (χ1n) is 8.50. The fraction of sp³-hybridized carbons (Fsp3) is 0.368. The molecule has 0 bridgehead atoms. The van der Waals surface area contributed by atoms with Crippen LogP contribution in [0.5, 0.6) is 0 Å². The first-order valence-corrected chi connectivity index (χ1v) is 9.38. The second-order valence-electron chi connectivity index (χ2n) is 6.19. The quantitative estimate of drug-likeness (QED) is 0.811. The Labute approximate surface area is 156 Å². The molecule has 26 heavy (non-hydrogen) atoms. The predicted octanol–water partition coefficient (Wildman–Crippen LogP) is 2.03. The number of hydrogen-bond acceptors (Lipinski definition) is 6.